The molecule has 20 heavy (non-hydrogen) atoms. The van der Waals surface area contributed by atoms with Crippen LogP contribution < -0.4 is 4.72 Å². The molecule has 0 fully saturated rings. The van der Waals surface area contributed by atoms with Crippen LogP contribution in [0.25, 0.3) is 0 Å². The molecule has 1 N–H and O–H groups in total. The summed E-state index contributed by atoms with van der Waals surface area (Å²) in [5.74, 6) is -0.657. The minimum atomic E-state index is -3.46. The number of carbonyl (C=O) groups is 1. The molecule has 7 nitrogen and oxygen atoms in total. The molecule has 0 bridgehead atoms. The predicted molar refractivity (Wildman–Crippen MR) is 76.8 cm³/mol. The molecule has 0 aromatic carbocycles. The molecule has 0 aliphatic rings. The highest BCUT2D eigenvalue weighted by Crippen LogP contribution is 2.25. The molecule has 2 aromatic heterocycles. The van der Waals surface area contributed by atoms with Crippen LogP contribution >= 0.6 is 34.5 Å². The van der Waals surface area contributed by atoms with Gasteiger partial charge in [-0.2, -0.15) is 0 Å². The molecule has 2 heterocycles. The number of hydrogen-bond acceptors (Lipinski definition) is 8. The van der Waals surface area contributed by atoms with Crippen molar-refractivity contribution in [3.8, 4) is 0 Å². The van der Waals surface area contributed by atoms with E-state index in [1.54, 1.807) is 5.38 Å². The summed E-state index contributed by atoms with van der Waals surface area (Å²) >= 11 is 7.84. The second-order valence-electron chi connectivity index (χ2n) is 3.61. The maximum Gasteiger partial charge on any atom is 0.350 e. The molecule has 2 rings (SSSR count). The summed E-state index contributed by atoms with van der Waals surface area (Å²) in [5, 5.41) is 5.29. The van der Waals surface area contributed by atoms with Crippen LogP contribution in [0.15, 0.2) is 11.4 Å². The van der Waals surface area contributed by atoms with Crippen molar-refractivity contribution in [1.29, 1.82) is 0 Å². The molecule has 11 heteroatoms. The van der Waals surface area contributed by atoms with Crippen LogP contribution in [0.5, 0.6) is 0 Å². The second kappa shape index (κ2) is 6.04. The summed E-state index contributed by atoms with van der Waals surface area (Å²) in [4.78, 5) is 12.0. The van der Waals surface area contributed by atoms with Crippen molar-refractivity contribution < 1.29 is 17.9 Å². The number of nitrogens with zero attached hydrogens (tertiary/aromatic N) is 2. The maximum absolute atomic E-state index is 11.9. The zero-order valence-corrected chi connectivity index (χ0v) is 13.2. The third kappa shape index (κ3) is 3.88. The van der Waals surface area contributed by atoms with Crippen molar-refractivity contribution >= 4 is 56.2 Å². The number of ether oxygens (including phenoxy) is 1. The van der Waals surface area contributed by atoms with E-state index in [0.29, 0.717) is 10.0 Å². The fourth-order valence-corrected chi connectivity index (χ4v) is 3.21. The first-order valence-electron chi connectivity index (χ1n) is 5.06. The van der Waals surface area contributed by atoms with E-state index in [4.69, 9.17) is 16.3 Å². The van der Waals surface area contributed by atoms with Crippen molar-refractivity contribution in [2.45, 2.75) is 6.61 Å². The van der Waals surface area contributed by atoms with Crippen molar-refractivity contribution in [2.75, 3.05) is 11.0 Å². The molecule has 0 saturated heterocycles. The Morgan fingerprint density at radius 2 is 2.30 bits per heavy atom. The minimum absolute atomic E-state index is 0.121. The molecular formula is C9H8ClN3O4S3. The molecular weight excluding hydrogens is 346 g/mol. The topological polar surface area (TPSA) is 98.2 Å². The Bertz CT molecular complexity index is 724. The van der Waals surface area contributed by atoms with E-state index in [1.807, 2.05) is 0 Å². The highest BCUT2D eigenvalue weighted by atomic mass is 35.5. The van der Waals surface area contributed by atoms with Gasteiger partial charge in [0.2, 0.25) is 10.0 Å². The number of halogens is 1. The Labute approximate surface area is 127 Å². The molecule has 0 amide bonds. The van der Waals surface area contributed by atoms with Crippen LogP contribution in [0.4, 0.5) is 5.69 Å². The Morgan fingerprint density at radius 1 is 1.55 bits per heavy atom. The summed E-state index contributed by atoms with van der Waals surface area (Å²) in [7, 11) is -3.46. The van der Waals surface area contributed by atoms with E-state index in [1.165, 1.54) is 6.07 Å². The minimum Gasteiger partial charge on any atom is -0.455 e. The molecule has 0 spiro atoms. The van der Waals surface area contributed by atoms with Crippen LogP contribution in [0.1, 0.15) is 15.4 Å². The number of anilines is 1. The second-order valence-corrected chi connectivity index (χ2v) is 7.63. The number of hydrogen-bond donors (Lipinski definition) is 1. The lowest BCUT2D eigenvalue weighted by atomic mass is 10.4. The Kier molecular flexibility index (Phi) is 4.58. The van der Waals surface area contributed by atoms with Gasteiger partial charge in [-0.1, -0.05) is 16.1 Å². The zero-order chi connectivity index (χ0) is 14.8. The Hall–Kier alpha value is -1.23. The standard InChI is InChI=1S/C9H8ClN3O4S3/c1-20(15,16)12-5-2-3-18-7(5)9(14)17-4-6-8(10)19-13-11-6/h2-3,12H,4H2,1H3. The van der Waals surface area contributed by atoms with Crippen molar-refractivity contribution in [2.24, 2.45) is 0 Å². The van der Waals surface area contributed by atoms with Gasteiger partial charge in [-0.15, -0.1) is 16.4 Å². The monoisotopic (exact) mass is 353 g/mol. The lowest BCUT2D eigenvalue weighted by molar-refractivity contribution is 0.0475. The number of carbonyl (C=O) groups excluding carboxylic acids is 1. The smallest absolute Gasteiger partial charge is 0.350 e. The van der Waals surface area contributed by atoms with Crippen LogP contribution in [0, 0.1) is 0 Å². The van der Waals surface area contributed by atoms with Gasteiger partial charge >= 0.3 is 5.97 Å². The van der Waals surface area contributed by atoms with E-state index in [2.05, 4.69) is 14.3 Å². The average molecular weight is 354 g/mol. The first kappa shape index (κ1) is 15.2. The van der Waals surface area contributed by atoms with Crippen LogP contribution in [-0.4, -0.2) is 30.2 Å². The number of aromatic nitrogens is 2. The SMILES string of the molecule is CS(=O)(=O)Nc1ccsc1C(=O)OCc1nnsc1Cl. The van der Waals surface area contributed by atoms with Gasteiger partial charge in [0.1, 0.15) is 21.5 Å². The molecule has 0 aliphatic carbocycles. The van der Waals surface area contributed by atoms with Gasteiger partial charge in [-0.3, -0.25) is 4.72 Å². The van der Waals surface area contributed by atoms with E-state index in [9.17, 15) is 13.2 Å². The average Bonchev–Trinajstić information content (AvgIpc) is 2.93. The summed E-state index contributed by atoms with van der Waals surface area (Å²) in [6.07, 6.45) is 1.00. The van der Waals surface area contributed by atoms with E-state index in [0.717, 1.165) is 29.1 Å². The highest BCUT2D eigenvalue weighted by molar-refractivity contribution is 7.92. The molecule has 0 saturated carbocycles. The number of thiophene rings is 1. The van der Waals surface area contributed by atoms with Gasteiger partial charge in [0, 0.05) is 11.5 Å². The molecule has 0 atom stereocenters. The largest absolute Gasteiger partial charge is 0.455 e. The summed E-state index contributed by atoms with van der Waals surface area (Å²) < 4.78 is 33.6. The highest BCUT2D eigenvalue weighted by Gasteiger charge is 2.18. The first-order valence-corrected chi connectivity index (χ1v) is 8.98. The van der Waals surface area contributed by atoms with Crippen LogP contribution in [-0.2, 0) is 21.4 Å². The molecule has 108 valence electrons. The lowest BCUT2D eigenvalue weighted by Crippen LogP contribution is -2.12. The van der Waals surface area contributed by atoms with E-state index >= 15 is 0 Å². The summed E-state index contributed by atoms with van der Waals surface area (Å²) in [6, 6.07) is 1.49. The number of rotatable bonds is 5. The first-order chi connectivity index (χ1) is 9.37. The fraction of sp³-hybridized carbons (Fsp3) is 0.222. The van der Waals surface area contributed by atoms with Gasteiger partial charge in [-0.05, 0) is 11.4 Å². The third-order valence-corrected chi connectivity index (χ3v) is 4.46. The Morgan fingerprint density at radius 3 is 2.90 bits per heavy atom. The van der Waals surface area contributed by atoms with Gasteiger partial charge in [0.25, 0.3) is 0 Å². The number of sulfonamides is 1. The molecule has 0 radical (unpaired) electrons. The Balaban J connectivity index is 2.07. The molecule has 2 aromatic rings. The van der Waals surface area contributed by atoms with Crippen molar-refractivity contribution in [1.82, 2.24) is 9.59 Å². The fourth-order valence-electron chi connectivity index (χ4n) is 1.23. The van der Waals surface area contributed by atoms with Crippen LogP contribution in [0.3, 0.4) is 0 Å². The van der Waals surface area contributed by atoms with Gasteiger partial charge in [0.05, 0.1) is 11.9 Å². The molecule has 0 aliphatic heterocycles. The predicted octanol–water partition coefficient (Wildman–Crippen LogP) is 1.98. The number of nitrogens with one attached hydrogen (secondary N) is 1. The van der Waals surface area contributed by atoms with E-state index < -0.39 is 16.0 Å². The number of esters is 1. The van der Waals surface area contributed by atoms with E-state index in [-0.39, 0.29) is 17.2 Å². The normalized spacial score (nSPS) is 11.3. The zero-order valence-electron chi connectivity index (χ0n) is 9.99. The van der Waals surface area contributed by atoms with Crippen molar-refractivity contribution in [3.63, 3.8) is 0 Å². The van der Waals surface area contributed by atoms with Gasteiger partial charge in [0.15, 0.2) is 0 Å². The summed E-state index contributed by atoms with van der Waals surface area (Å²) in [6.45, 7) is -0.121. The van der Waals surface area contributed by atoms with Crippen LogP contribution in [0.2, 0.25) is 4.34 Å². The van der Waals surface area contributed by atoms with Gasteiger partial charge in [-0.25, -0.2) is 13.2 Å². The van der Waals surface area contributed by atoms with Gasteiger partial charge < -0.3 is 4.74 Å². The molecule has 0 unspecified atom stereocenters. The van der Waals surface area contributed by atoms with Crippen molar-refractivity contribution in [3.05, 3.63) is 26.4 Å². The summed E-state index contributed by atoms with van der Waals surface area (Å²) in [5.41, 5.74) is 0.546. The lowest BCUT2D eigenvalue weighted by Gasteiger charge is -2.05. The third-order valence-electron chi connectivity index (χ3n) is 2.00. The maximum atomic E-state index is 11.9. The quantitative estimate of drug-likeness (QED) is 0.825.